The normalized spacial score (nSPS) is 16.5. The summed E-state index contributed by atoms with van der Waals surface area (Å²) < 4.78 is 44.7. The van der Waals surface area contributed by atoms with E-state index in [9.17, 15) is 27.9 Å². The van der Waals surface area contributed by atoms with Crippen LogP contribution in [0.15, 0.2) is 24.4 Å². The summed E-state index contributed by atoms with van der Waals surface area (Å²) in [5.41, 5.74) is -0.714. The van der Waals surface area contributed by atoms with Gasteiger partial charge in [0.1, 0.15) is 17.1 Å². The van der Waals surface area contributed by atoms with Crippen LogP contribution >= 0.6 is 0 Å². The number of alkyl halides is 3. The molecule has 2 heterocycles. The highest BCUT2D eigenvalue weighted by molar-refractivity contribution is 5.95. The molecule has 3 rings (SSSR count). The van der Waals surface area contributed by atoms with Gasteiger partial charge in [-0.15, -0.1) is 0 Å². The van der Waals surface area contributed by atoms with Gasteiger partial charge < -0.3 is 30.3 Å². The van der Waals surface area contributed by atoms with Gasteiger partial charge >= 0.3 is 12.3 Å². The van der Waals surface area contributed by atoms with E-state index in [1.165, 1.54) is 25.1 Å². The highest BCUT2D eigenvalue weighted by Crippen LogP contribution is 2.35. The number of carbonyl (C=O) groups is 2. The zero-order valence-corrected chi connectivity index (χ0v) is 20.6. The van der Waals surface area contributed by atoms with Gasteiger partial charge in [0.05, 0.1) is 18.8 Å². The fraction of sp³-hybridized carbons (Fsp3) is 0.478. The third-order valence-electron chi connectivity index (χ3n) is 5.94. The Labute approximate surface area is 206 Å². The molecule has 36 heavy (non-hydrogen) atoms. The van der Waals surface area contributed by atoms with Gasteiger partial charge in [0.25, 0.3) is 5.91 Å². The highest BCUT2D eigenvalue weighted by atomic mass is 19.4. The predicted octanol–water partition coefficient (Wildman–Crippen LogP) is 4.14. The second kappa shape index (κ2) is 10.1. The Kier molecular flexibility index (Phi) is 7.51. The fourth-order valence-electron chi connectivity index (χ4n) is 4.01. The lowest BCUT2D eigenvalue weighted by Crippen LogP contribution is -2.60. The number of halogens is 3. The molecule has 1 aromatic carbocycles. The molecule has 0 aliphatic carbocycles. The average molecular weight is 511 g/mol. The van der Waals surface area contributed by atoms with Crippen molar-refractivity contribution in [1.82, 2.24) is 19.8 Å². The lowest BCUT2D eigenvalue weighted by molar-refractivity contribution is -0.137. The molecule has 10 nitrogen and oxygen atoms in total. The number of hydrogen-bond acceptors (Lipinski definition) is 7. The Bertz CT molecular complexity index is 1140. The number of rotatable bonds is 5. The first kappa shape index (κ1) is 26.8. The van der Waals surface area contributed by atoms with Crippen molar-refractivity contribution in [2.45, 2.75) is 33.0 Å². The van der Waals surface area contributed by atoms with E-state index in [0.717, 1.165) is 0 Å². The number of nitrogens with one attached hydrogen (secondary N) is 2. The van der Waals surface area contributed by atoms with E-state index in [4.69, 9.17) is 4.74 Å². The van der Waals surface area contributed by atoms with E-state index >= 15 is 0 Å². The van der Waals surface area contributed by atoms with E-state index in [1.54, 1.807) is 17.0 Å². The Balaban J connectivity index is 1.83. The molecule has 1 unspecified atom stereocenters. The van der Waals surface area contributed by atoms with Gasteiger partial charge in [0.15, 0.2) is 0 Å². The first-order chi connectivity index (χ1) is 16.8. The summed E-state index contributed by atoms with van der Waals surface area (Å²) in [4.78, 5) is 35.5. The Morgan fingerprint density at radius 1 is 1.19 bits per heavy atom. The number of carboxylic acid groups (broad SMARTS) is 1. The molecule has 0 saturated carbocycles. The summed E-state index contributed by atoms with van der Waals surface area (Å²) in [5.74, 6) is -0.517. The van der Waals surface area contributed by atoms with Gasteiger partial charge in [0, 0.05) is 38.4 Å². The van der Waals surface area contributed by atoms with E-state index < -0.39 is 17.8 Å². The second-order valence-electron chi connectivity index (χ2n) is 9.35. The molecule has 1 aliphatic rings. The van der Waals surface area contributed by atoms with Gasteiger partial charge in [-0.05, 0) is 23.6 Å². The van der Waals surface area contributed by atoms with Crippen LogP contribution in [0.3, 0.4) is 0 Å². The Morgan fingerprint density at radius 3 is 2.44 bits per heavy atom. The number of carbonyl (C=O) groups excluding carboxylic acids is 1. The summed E-state index contributed by atoms with van der Waals surface area (Å²) in [6.45, 7) is 6.45. The van der Waals surface area contributed by atoms with Crippen molar-refractivity contribution in [3.05, 3.63) is 35.5 Å². The number of methoxy groups -OCH3 is 1. The topological polar surface area (TPSA) is 120 Å². The molecule has 1 aliphatic heterocycles. The van der Waals surface area contributed by atoms with Crippen molar-refractivity contribution in [2.24, 2.45) is 5.41 Å². The molecular formula is C23H29F3N6O4. The maximum absolute atomic E-state index is 13.2. The van der Waals surface area contributed by atoms with Crippen LogP contribution in [0, 0.1) is 5.41 Å². The number of piperazine rings is 1. The van der Waals surface area contributed by atoms with Crippen LogP contribution in [-0.2, 0) is 6.18 Å². The van der Waals surface area contributed by atoms with Crippen LogP contribution in [0.25, 0.3) is 0 Å². The molecule has 1 aromatic heterocycles. The van der Waals surface area contributed by atoms with Crippen LogP contribution in [0.2, 0.25) is 0 Å². The highest BCUT2D eigenvalue weighted by Gasteiger charge is 2.39. The Morgan fingerprint density at radius 2 is 1.89 bits per heavy atom. The van der Waals surface area contributed by atoms with Crippen molar-refractivity contribution < 1.29 is 32.6 Å². The summed E-state index contributed by atoms with van der Waals surface area (Å²) in [6.07, 6.45) is -4.96. The maximum atomic E-state index is 13.2. The number of ether oxygens (including phenoxy) is 1. The molecule has 3 N–H and O–H groups in total. The first-order valence-corrected chi connectivity index (χ1v) is 11.1. The van der Waals surface area contributed by atoms with Gasteiger partial charge in [-0.25, -0.2) is 9.78 Å². The van der Waals surface area contributed by atoms with E-state index in [1.807, 2.05) is 20.8 Å². The molecule has 0 spiro atoms. The number of aromatic nitrogens is 2. The van der Waals surface area contributed by atoms with Crippen molar-refractivity contribution in [2.75, 3.05) is 44.4 Å². The van der Waals surface area contributed by atoms with Gasteiger partial charge in [-0.1, -0.05) is 20.8 Å². The minimum atomic E-state index is -4.61. The van der Waals surface area contributed by atoms with Crippen LogP contribution < -0.4 is 15.4 Å². The van der Waals surface area contributed by atoms with Crippen LogP contribution in [0.1, 0.15) is 36.7 Å². The molecule has 1 fully saturated rings. The minimum absolute atomic E-state index is 0.0949. The standard InChI is InChI=1S/C23H29F3N6O4/c1-22(2,3)17-12-31(8-9-32(17)21(34)35)19(33)13-6-7-15(16(10-13)36-5)29-20-28-11-14(23(24,25)26)18(27-4)30-20/h6-7,10-11,17H,8-9,12H2,1-5H3,(H,34,35)(H2,27,28,29,30). The number of hydrogen-bond donors (Lipinski definition) is 3. The summed E-state index contributed by atoms with van der Waals surface area (Å²) in [7, 11) is 2.71. The first-order valence-electron chi connectivity index (χ1n) is 11.1. The van der Waals surface area contributed by atoms with E-state index in [2.05, 4.69) is 20.6 Å². The molecule has 2 amide bonds. The lowest BCUT2D eigenvalue weighted by atomic mass is 9.84. The van der Waals surface area contributed by atoms with E-state index in [-0.39, 0.29) is 54.5 Å². The molecule has 196 valence electrons. The molecule has 13 heteroatoms. The fourth-order valence-corrected chi connectivity index (χ4v) is 4.01. The average Bonchev–Trinajstić information content (AvgIpc) is 2.82. The van der Waals surface area contributed by atoms with Gasteiger partial charge in [-0.3, -0.25) is 4.79 Å². The quantitative estimate of drug-likeness (QED) is 0.549. The third kappa shape index (κ3) is 5.71. The van der Waals surface area contributed by atoms with Crippen molar-refractivity contribution in [3.63, 3.8) is 0 Å². The monoisotopic (exact) mass is 510 g/mol. The van der Waals surface area contributed by atoms with Gasteiger partial charge in [0.2, 0.25) is 5.95 Å². The van der Waals surface area contributed by atoms with Gasteiger partial charge in [-0.2, -0.15) is 18.2 Å². The number of nitrogens with zero attached hydrogens (tertiary/aromatic N) is 4. The molecule has 2 aromatic rings. The molecule has 0 radical (unpaired) electrons. The molecule has 1 saturated heterocycles. The van der Waals surface area contributed by atoms with Crippen LogP contribution in [0.5, 0.6) is 5.75 Å². The largest absolute Gasteiger partial charge is 0.495 e. The molecule has 0 bridgehead atoms. The lowest BCUT2D eigenvalue weighted by Gasteiger charge is -2.45. The van der Waals surface area contributed by atoms with Crippen molar-refractivity contribution in [1.29, 1.82) is 0 Å². The smallest absolute Gasteiger partial charge is 0.421 e. The second-order valence-corrected chi connectivity index (χ2v) is 9.35. The number of benzene rings is 1. The van der Waals surface area contributed by atoms with Crippen molar-refractivity contribution >= 4 is 29.5 Å². The van der Waals surface area contributed by atoms with Crippen molar-refractivity contribution in [3.8, 4) is 5.75 Å². The number of amides is 2. The zero-order valence-electron chi connectivity index (χ0n) is 20.6. The Hall–Kier alpha value is -3.77. The van der Waals surface area contributed by atoms with Crippen LogP contribution in [-0.4, -0.2) is 76.7 Å². The van der Waals surface area contributed by atoms with E-state index in [0.29, 0.717) is 17.4 Å². The number of anilines is 3. The third-order valence-corrected chi connectivity index (χ3v) is 5.94. The SMILES string of the molecule is CNc1nc(Nc2ccc(C(=O)N3CCN(C(=O)O)C(C(C)(C)C)C3)cc2OC)ncc1C(F)(F)F. The van der Waals surface area contributed by atoms with Crippen LogP contribution in [0.4, 0.5) is 35.4 Å². The molecule has 1 atom stereocenters. The minimum Gasteiger partial charge on any atom is -0.495 e. The predicted molar refractivity (Wildman–Crippen MR) is 127 cm³/mol. The summed E-state index contributed by atoms with van der Waals surface area (Å²) >= 11 is 0. The zero-order chi connectivity index (χ0) is 26.8. The molecular weight excluding hydrogens is 481 g/mol. The summed E-state index contributed by atoms with van der Waals surface area (Å²) in [5, 5.41) is 14.8. The maximum Gasteiger partial charge on any atom is 0.421 e. The summed E-state index contributed by atoms with van der Waals surface area (Å²) in [6, 6.07) is 4.21.